The van der Waals surface area contributed by atoms with Crippen molar-refractivity contribution in [2.75, 3.05) is 0 Å². The van der Waals surface area contributed by atoms with E-state index in [0.717, 1.165) is 5.56 Å². The van der Waals surface area contributed by atoms with Crippen molar-refractivity contribution in [2.24, 2.45) is 4.99 Å². The van der Waals surface area contributed by atoms with E-state index >= 15 is 0 Å². The average Bonchev–Trinajstić information content (AvgIpc) is 2.95. The number of cyclic esters (lactones) is 1. The lowest BCUT2D eigenvalue weighted by Gasteiger charge is -2.00. The van der Waals surface area contributed by atoms with E-state index < -0.39 is 11.9 Å². The summed E-state index contributed by atoms with van der Waals surface area (Å²) >= 11 is 12.0. The summed E-state index contributed by atoms with van der Waals surface area (Å²) in [6.07, 6.45) is 4.81. The molecule has 0 N–H and O–H groups in total. The van der Waals surface area contributed by atoms with Crippen molar-refractivity contribution in [3.63, 3.8) is 0 Å². The second-order valence-electron chi connectivity index (χ2n) is 5.53. The van der Waals surface area contributed by atoms with Crippen LogP contribution in [-0.4, -0.2) is 17.8 Å². The molecule has 2 aromatic rings. The van der Waals surface area contributed by atoms with Gasteiger partial charge in [-0.25, -0.2) is 9.79 Å². The van der Waals surface area contributed by atoms with Gasteiger partial charge >= 0.3 is 11.9 Å². The van der Waals surface area contributed by atoms with Crippen molar-refractivity contribution in [2.45, 2.75) is 6.92 Å². The van der Waals surface area contributed by atoms with E-state index in [1.165, 1.54) is 6.92 Å². The molecule has 5 nitrogen and oxygen atoms in total. The maximum atomic E-state index is 12.0. The number of hydrogen-bond donors (Lipinski definition) is 0. The monoisotopic (exact) mass is 401 g/mol. The lowest BCUT2D eigenvalue weighted by atomic mass is 10.2. The number of carbonyl (C=O) groups excluding carboxylic acids is 2. The second-order valence-corrected chi connectivity index (χ2v) is 6.37. The Morgan fingerprint density at radius 2 is 1.85 bits per heavy atom. The number of rotatable bonds is 4. The number of esters is 2. The lowest BCUT2D eigenvalue weighted by Crippen LogP contribution is -2.01. The average molecular weight is 402 g/mol. The summed E-state index contributed by atoms with van der Waals surface area (Å²) < 4.78 is 10.1. The summed E-state index contributed by atoms with van der Waals surface area (Å²) in [5, 5.41) is 1.01. The SMILES string of the molecule is CC(=O)Oc1ccc(C=C2N=C(C=Cc3ccc(Cl)cc3Cl)OC2=O)cc1. The standard InChI is InChI=1S/C20H13Cl2NO4/c1-12(24)26-16-7-2-13(3-8-16)10-18-20(25)27-19(23-18)9-5-14-4-6-15(21)11-17(14)22/h2-11H,1H3. The van der Waals surface area contributed by atoms with Gasteiger partial charge in [0.05, 0.1) is 0 Å². The number of ether oxygens (including phenoxy) is 2. The first kappa shape index (κ1) is 18.9. The molecule has 0 aliphatic carbocycles. The van der Waals surface area contributed by atoms with Gasteiger partial charge in [-0.15, -0.1) is 0 Å². The van der Waals surface area contributed by atoms with Crippen molar-refractivity contribution >= 4 is 53.2 Å². The third-order valence-corrected chi connectivity index (χ3v) is 4.01. The predicted molar refractivity (Wildman–Crippen MR) is 105 cm³/mol. The molecule has 2 aromatic carbocycles. The molecule has 1 heterocycles. The molecule has 0 saturated heterocycles. The number of aliphatic imine (C=N–C) groups is 1. The van der Waals surface area contributed by atoms with Crippen LogP contribution >= 0.6 is 23.2 Å². The van der Waals surface area contributed by atoms with Gasteiger partial charge in [0.2, 0.25) is 5.90 Å². The Bertz CT molecular complexity index is 992. The molecule has 7 heteroatoms. The van der Waals surface area contributed by atoms with Gasteiger partial charge in [-0.1, -0.05) is 41.4 Å². The molecule has 1 aliphatic heterocycles. The van der Waals surface area contributed by atoms with Crippen LogP contribution < -0.4 is 4.74 Å². The molecule has 0 saturated carbocycles. The summed E-state index contributed by atoms with van der Waals surface area (Å²) in [7, 11) is 0. The van der Waals surface area contributed by atoms with Crippen LogP contribution in [-0.2, 0) is 14.3 Å². The third-order valence-electron chi connectivity index (χ3n) is 3.45. The Balaban J connectivity index is 1.76. The molecule has 0 atom stereocenters. The van der Waals surface area contributed by atoms with Crippen molar-refractivity contribution in [3.05, 3.63) is 75.4 Å². The molecule has 27 heavy (non-hydrogen) atoms. The fourth-order valence-electron chi connectivity index (χ4n) is 2.25. The zero-order valence-electron chi connectivity index (χ0n) is 14.1. The van der Waals surface area contributed by atoms with Crippen LogP contribution in [0, 0.1) is 0 Å². The van der Waals surface area contributed by atoms with Gasteiger partial charge in [0.25, 0.3) is 0 Å². The van der Waals surface area contributed by atoms with E-state index in [4.69, 9.17) is 32.7 Å². The van der Waals surface area contributed by atoms with Crippen molar-refractivity contribution in [1.29, 1.82) is 0 Å². The minimum atomic E-state index is -0.555. The quantitative estimate of drug-likeness (QED) is 0.413. The van der Waals surface area contributed by atoms with Crippen LogP contribution in [0.15, 0.2) is 59.2 Å². The van der Waals surface area contributed by atoms with Crippen LogP contribution in [0.1, 0.15) is 18.1 Å². The largest absolute Gasteiger partial charge is 0.427 e. The van der Waals surface area contributed by atoms with Gasteiger partial charge in [-0.2, -0.15) is 0 Å². The summed E-state index contributed by atoms with van der Waals surface area (Å²) in [6.45, 7) is 1.32. The van der Waals surface area contributed by atoms with E-state index in [9.17, 15) is 9.59 Å². The Labute approximate surface area is 165 Å². The fraction of sp³-hybridized carbons (Fsp3) is 0.0500. The minimum absolute atomic E-state index is 0.161. The van der Waals surface area contributed by atoms with E-state index in [1.54, 1.807) is 60.7 Å². The minimum Gasteiger partial charge on any atom is -0.427 e. The predicted octanol–water partition coefficient (Wildman–Crippen LogP) is 4.93. The zero-order chi connectivity index (χ0) is 19.4. The van der Waals surface area contributed by atoms with Crippen LogP contribution in [0.25, 0.3) is 12.2 Å². The summed E-state index contributed by atoms with van der Waals surface area (Å²) in [5.41, 5.74) is 1.60. The first-order valence-corrected chi connectivity index (χ1v) is 8.60. The maximum absolute atomic E-state index is 12.0. The summed E-state index contributed by atoms with van der Waals surface area (Å²) in [5.74, 6) is -0.373. The molecule has 0 aromatic heterocycles. The molecular weight excluding hydrogens is 389 g/mol. The molecule has 1 aliphatic rings. The highest BCUT2D eigenvalue weighted by Gasteiger charge is 2.21. The Kier molecular flexibility index (Phi) is 5.74. The van der Waals surface area contributed by atoms with Crippen molar-refractivity contribution < 1.29 is 19.1 Å². The molecule has 0 unspecified atom stereocenters. The van der Waals surface area contributed by atoms with Crippen molar-refractivity contribution in [3.8, 4) is 5.75 Å². The van der Waals surface area contributed by atoms with Gasteiger partial charge in [-0.05, 0) is 47.5 Å². The number of hydrogen-bond acceptors (Lipinski definition) is 5. The highest BCUT2D eigenvalue weighted by atomic mass is 35.5. The summed E-state index contributed by atoms with van der Waals surface area (Å²) in [4.78, 5) is 27.1. The molecule has 136 valence electrons. The van der Waals surface area contributed by atoms with E-state index in [0.29, 0.717) is 21.4 Å². The highest BCUT2D eigenvalue weighted by molar-refractivity contribution is 6.35. The number of carbonyl (C=O) groups is 2. The van der Waals surface area contributed by atoms with Gasteiger partial charge in [0.1, 0.15) is 5.75 Å². The molecular formula is C20H13Cl2NO4. The molecule has 0 amide bonds. The maximum Gasteiger partial charge on any atom is 0.363 e. The Hall–Kier alpha value is -2.89. The molecule has 0 radical (unpaired) electrons. The van der Waals surface area contributed by atoms with Gasteiger partial charge in [0, 0.05) is 23.0 Å². The van der Waals surface area contributed by atoms with Crippen LogP contribution in [0.3, 0.4) is 0 Å². The normalized spacial score (nSPS) is 15.1. The molecule has 0 spiro atoms. The fourth-order valence-corrected chi connectivity index (χ4v) is 2.72. The first-order valence-electron chi connectivity index (χ1n) is 7.85. The van der Waals surface area contributed by atoms with Crippen molar-refractivity contribution in [1.82, 2.24) is 0 Å². The van der Waals surface area contributed by atoms with Gasteiger partial charge in [0.15, 0.2) is 5.70 Å². The van der Waals surface area contributed by atoms with Crippen LogP contribution in [0.4, 0.5) is 0 Å². The highest BCUT2D eigenvalue weighted by Crippen LogP contribution is 2.23. The van der Waals surface area contributed by atoms with Crippen LogP contribution in [0.5, 0.6) is 5.75 Å². The first-order chi connectivity index (χ1) is 12.9. The third kappa shape index (κ3) is 5.06. The lowest BCUT2D eigenvalue weighted by molar-refractivity contribution is -0.132. The van der Waals surface area contributed by atoms with Gasteiger partial charge < -0.3 is 9.47 Å². The number of nitrogens with zero attached hydrogens (tertiary/aromatic N) is 1. The Morgan fingerprint density at radius 3 is 2.52 bits per heavy atom. The molecule has 3 rings (SSSR count). The number of halogens is 2. The Morgan fingerprint density at radius 1 is 1.11 bits per heavy atom. The molecule has 0 bridgehead atoms. The summed E-state index contributed by atoms with van der Waals surface area (Å²) in [6, 6.07) is 11.7. The molecule has 0 fully saturated rings. The second kappa shape index (κ2) is 8.20. The smallest absolute Gasteiger partial charge is 0.363 e. The van der Waals surface area contributed by atoms with E-state index in [2.05, 4.69) is 4.99 Å². The van der Waals surface area contributed by atoms with E-state index in [1.807, 2.05) is 0 Å². The van der Waals surface area contributed by atoms with Gasteiger partial charge in [-0.3, -0.25) is 4.79 Å². The van der Waals surface area contributed by atoms with E-state index in [-0.39, 0.29) is 11.6 Å². The topological polar surface area (TPSA) is 65.0 Å². The van der Waals surface area contributed by atoms with Crippen LogP contribution in [0.2, 0.25) is 10.0 Å². The zero-order valence-corrected chi connectivity index (χ0v) is 15.6. The number of benzene rings is 2.